The molecule has 5 nitrogen and oxygen atoms in total. The monoisotopic (exact) mass is 381 g/mol. The Morgan fingerprint density at radius 1 is 1.44 bits per heavy atom. The number of fused-ring (bicyclic) bond motifs is 1. The van der Waals surface area contributed by atoms with Crippen molar-refractivity contribution in [3.05, 3.63) is 34.8 Å². The van der Waals surface area contributed by atoms with Gasteiger partial charge in [0.1, 0.15) is 11.4 Å². The highest BCUT2D eigenvalue weighted by Crippen LogP contribution is 2.55. The van der Waals surface area contributed by atoms with Crippen LogP contribution in [-0.2, 0) is 0 Å². The van der Waals surface area contributed by atoms with Gasteiger partial charge in [-0.1, -0.05) is 0 Å². The van der Waals surface area contributed by atoms with E-state index in [-0.39, 0.29) is 23.3 Å². The molecule has 3 aliphatic carbocycles. The number of alkyl halides is 3. The van der Waals surface area contributed by atoms with Gasteiger partial charge >= 0.3 is 6.18 Å². The number of aromatic nitrogens is 1. The molecule has 0 bridgehead atoms. The number of hydrogen-bond donors (Lipinski definition) is 2. The maximum atomic E-state index is 12.9. The van der Waals surface area contributed by atoms with Crippen LogP contribution in [0.1, 0.15) is 61.5 Å². The largest absolute Gasteiger partial charge is 0.481 e. The van der Waals surface area contributed by atoms with Crippen LogP contribution in [0.5, 0.6) is 5.75 Å². The third-order valence-corrected chi connectivity index (χ3v) is 5.73. The summed E-state index contributed by atoms with van der Waals surface area (Å²) in [4.78, 5) is 16.9. The molecule has 27 heavy (non-hydrogen) atoms. The van der Waals surface area contributed by atoms with Gasteiger partial charge < -0.3 is 15.8 Å². The summed E-state index contributed by atoms with van der Waals surface area (Å²) in [6.07, 6.45) is -1.73. The molecule has 3 atom stereocenters. The minimum absolute atomic E-state index is 0.0534. The first kappa shape index (κ1) is 18.1. The summed E-state index contributed by atoms with van der Waals surface area (Å²) in [5, 5.41) is 2.97. The van der Waals surface area contributed by atoms with Crippen molar-refractivity contribution in [2.24, 2.45) is 11.7 Å². The second-order valence-corrected chi connectivity index (χ2v) is 8.04. The van der Waals surface area contributed by atoms with Gasteiger partial charge in [-0.05, 0) is 44.6 Å². The number of pyridine rings is 1. The van der Waals surface area contributed by atoms with E-state index in [2.05, 4.69) is 10.3 Å². The molecule has 3 aliphatic rings. The Balaban J connectivity index is 1.54. The molecule has 3 N–H and O–H groups in total. The molecule has 4 rings (SSSR count). The van der Waals surface area contributed by atoms with Crippen LogP contribution in [0.15, 0.2) is 23.5 Å². The van der Waals surface area contributed by atoms with E-state index in [0.29, 0.717) is 12.0 Å². The molecule has 1 amide bonds. The van der Waals surface area contributed by atoms with Crippen molar-refractivity contribution >= 4 is 5.91 Å². The topological polar surface area (TPSA) is 77.2 Å². The Hall–Kier alpha value is -2.25. The third-order valence-electron chi connectivity index (χ3n) is 5.73. The van der Waals surface area contributed by atoms with Crippen molar-refractivity contribution < 1.29 is 22.7 Å². The van der Waals surface area contributed by atoms with Crippen LogP contribution in [0, 0.1) is 5.92 Å². The van der Waals surface area contributed by atoms with Gasteiger partial charge in [-0.25, -0.2) is 0 Å². The van der Waals surface area contributed by atoms with Crippen molar-refractivity contribution in [2.45, 2.75) is 63.3 Å². The number of carbonyl (C=O) groups is 1. The molecule has 1 aromatic rings. The number of hydrogen-bond acceptors (Lipinski definition) is 4. The van der Waals surface area contributed by atoms with Crippen molar-refractivity contribution in [1.29, 1.82) is 0 Å². The molecular weight excluding hydrogens is 359 g/mol. The van der Waals surface area contributed by atoms with Gasteiger partial charge in [0.2, 0.25) is 0 Å². The fraction of sp³-hybridized carbons (Fsp3) is 0.579. The van der Waals surface area contributed by atoms with E-state index in [1.54, 1.807) is 0 Å². The van der Waals surface area contributed by atoms with Crippen LogP contribution in [-0.4, -0.2) is 28.7 Å². The number of rotatable bonds is 5. The van der Waals surface area contributed by atoms with Crippen LogP contribution >= 0.6 is 0 Å². The zero-order chi connectivity index (χ0) is 19.6. The first-order chi connectivity index (χ1) is 12.6. The summed E-state index contributed by atoms with van der Waals surface area (Å²) in [5.74, 6) is 0.0534. The Morgan fingerprint density at radius 2 is 2.15 bits per heavy atom. The molecule has 146 valence electrons. The predicted octanol–water partition coefficient (Wildman–Crippen LogP) is 3.41. The molecule has 0 aromatic carbocycles. The summed E-state index contributed by atoms with van der Waals surface area (Å²) in [6.45, 7) is 2.89. The van der Waals surface area contributed by atoms with Crippen LogP contribution in [0.2, 0.25) is 0 Å². The van der Waals surface area contributed by atoms with Crippen molar-refractivity contribution in [3.8, 4) is 5.75 Å². The van der Waals surface area contributed by atoms with Gasteiger partial charge in [0.05, 0.1) is 0 Å². The maximum Gasteiger partial charge on any atom is 0.425 e. The predicted molar refractivity (Wildman–Crippen MR) is 92.2 cm³/mol. The lowest BCUT2D eigenvalue weighted by Gasteiger charge is -2.28. The van der Waals surface area contributed by atoms with Gasteiger partial charge in [0.25, 0.3) is 5.91 Å². The minimum Gasteiger partial charge on any atom is -0.481 e. The normalized spacial score (nSPS) is 28.0. The first-order valence-corrected chi connectivity index (χ1v) is 9.11. The molecule has 1 heterocycles. The minimum atomic E-state index is -4.48. The molecule has 0 saturated heterocycles. The number of halogens is 3. The summed E-state index contributed by atoms with van der Waals surface area (Å²) >= 11 is 0. The highest BCUT2D eigenvalue weighted by Gasteiger charge is 2.53. The van der Waals surface area contributed by atoms with E-state index in [4.69, 9.17) is 10.5 Å². The second-order valence-electron chi connectivity index (χ2n) is 8.04. The molecule has 1 aromatic heterocycles. The quantitative estimate of drug-likeness (QED) is 0.819. The molecular formula is C19H22F3N3O2. The fourth-order valence-electron chi connectivity index (χ4n) is 3.84. The van der Waals surface area contributed by atoms with Gasteiger partial charge in [-0.3, -0.25) is 9.78 Å². The summed E-state index contributed by atoms with van der Waals surface area (Å²) < 4.78 is 43.9. The molecule has 0 aliphatic heterocycles. The third kappa shape index (κ3) is 3.37. The van der Waals surface area contributed by atoms with E-state index in [9.17, 15) is 18.0 Å². The maximum absolute atomic E-state index is 12.9. The Morgan fingerprint density at radius 3 is 2.67 bits per heavy atom. The van der Waals surface area contributed by atoms with Crippen LogP contribution in [0.4, 0.5) is 13.2 Å². The van der Waals surface area contributed by atoms with Crippen molar-refractivity contribution in [1.82, 2.24) is 10.3 Å². The molecule has 0 spiro atoms. The first-order valence-electron chi connectivity index (χ1n) is 9.11. The van der Waals surface area contributed by atoms with E-state index in [1.807, 2.05) is 6.92 Å². The van der Waals surface area contributed by atoms with Crippen LogP contribution < -0.4 is 15.8 Å². The zero-order valence-electron chi connectivity index (χ0n) is 15.2. The fourth-order valence-corrected chi connectivity index (χ4v) is 3.84. The number of carbonyl (C=O) groups excluding carboxylic acids is 1. The summed E-state index contributed by atoms with van der Waals surface area (Å²) in [6, 6.07) is 1.33. The Kier molecular flexibility index (Phi) is 3.94. The van der Waals surface area contributed by atoms with Crippen LogP contribution in [0.3, 0.4) is 0 Å². The number of ether oxygens (including phenoxy) is 1. The van der Waals surface area contributed by atoms with E-state index < -0.39 is 23.7 Å². The lowest BCUT2D eigenvalue weighted by Crippen LogP contribution is -2.47. The number of nitrogens with two attached hydrogens (primary N) is 1. The second kappa shape index (κ2) is 5.87. The van der Waals surface area contributed by atoms with E-state index >= 15 is 0 Å². The summed E-state index contributed by atoms with van der Waals surface area (Å²) in [7, 11) is 0. The smallest absolute Gasteiger partial charge is 0.425 e. The van der Waals surface area contributed by atoms with Crippen LogP contribution in [0.25, 0.3) is 0 Å². The van der Waals surface area contributed by atoms with Gasteiger partial charge in [-0.15, -0.1) is 0 Å². The number of nitrogens with one attached hydrogen (secondary N) is 1. The Labute approximate surface area is 155 Å². The molecule has 0 radical (unpaired) electrons. The molecule has 2 fully saturated rings. The average Bonchev–Trinajstić information content (AvgIpc) is 3.44. The highest BCUT2D eigenvalue weighted by molar-refractivity contribution is 5.93. The van der Waals surface area contributed by atoms with Crippen molar-refractivity contribution in [3.63, 3.8) is 0 Å². The van der Waals surface area contributed by atoms with Gasteiger partial charge in [0.15, 0.2) is 6.10 Å². The van der Waals surface area contributed by atoms with Gasteiger partial charge in [0, 0.05) is 41.4 Å². The standard InChI is InChI=1S/C19H22F3N3O2/c1-9(19(20,21)22)27-16-6-15(24-8-12(16)10-3-4-10)17(26)25-18(2)7-14(23)11-5-13(11)18/h6,8-10,13H,3-5,7,23H2,1-2H3,(H,25,26)/t9-,13?,18?/m0/s1. The molecule has 2 unspecified atom stereocenters. The lowest BCUT2D eigenvalue weighted by atomic mass is 9.94. The van der Waals surface area contributed by atoms with E-state index in [1.165, 1.54) is 17.8 Å². The van der Waals surface area contributed by atoms with Gasteiger partial charge in [-0.2, -0.15) is 13.2 Å². The lowest BCUT2D eigenvalue weighted by molar-refractivity contribution is -0.189. The zero-order valence-corrected chi connectivity index (χ0v) is 15.2. The highest BCUT2D eigenvalue weighted by atomic mass is 19.4. The molecule has 8 heteroatoms. The van der Waals surface area contributed by atoms with Crippen molar-refractivity contribution in [2.75, 3.05) is 0 Å². The number of amides is 1. The van der Waals surface area contributed by atoms with E-state index in [0.717, 1.165) is 31.9 Å². The summed E-state index contributed by atoms with van der Waals surface area (Å²) in [5.41, 5.74) is 8.21. The molecule has 2 saturated carbocycles. The average molecular weight is 381 g/mol. The number of nitrogens with zero attached hydrogens (tertiary/aromatic N) is 1. The Bertz CT molecular complexity index is 832. The SMILES string of the molecule is C[C@H](Oc1cc(C(=O)NC2(C)CC(N)=C3CC32)ncc1C1CC1)C(F)(F)F.